The van der Waals surface area contributed by atoms with Crippen LogP contribution in [0.1, 0.15) is 59.8 Å². The van der Waals surface area contributed by atoms with Crippen LogP contribution < -0.4 is 0 Å². The molecule has 7 heteroatoms. The lowest BCUT2D eigenvalue weighted by Gasteiger charge is -2.59. The molecule has 0 aromatic carbocycles. The van der Waals surface area contributed by atoms with Crippen molar-refractivity contribution in [1.29, 1.82) is 0 Å². The maximum atomic E-state index is 17.0. The first-order valence-corrected chi connectivity index (χ1v) is 11.4. The number of rotatable bonds is 3. The van der Waals surface area contributed by atoms with Gasteiger partial charge in [0.2, 0.25) is 5.05 Å². The van der Waals surface area contributed by atoms with E-state index in [1.807, 2.05) is 6.92 Å². The predicted octanol–water partition coefficient (Wildman–Crippen LogP) is 4.39. The smallest absolute Gasteiger partial charge is 0.306 e. The number of hydrogen-bond acceptors (Lipinski definition) is 5. The fourth-order valence-electron chi connectivity index (χ4n) is 7.23. The van der Waals surface area contributed by atoms with Gasteiger partial charge in [0.15, 0.2) is 22.8 Å². The normalized spacial score (nSPS) is 46.0. The molecule has 0 unspecified atom stereocenters. The summed E-state index contributed by atoms with van der Waals surface area (Å²) in [6.45, 7) is 7.00. The molecule has 0 heterocycles. The zero-order chi connectivity index (χ0) is 23.0. The molecule has 3 saturated carbocycles. The molecule has 0 amide bonds. The van der Waals surface area contributed by atoms with Crippen molar-refractivity contribution < 1.29 is 28.6 Å². The predicted molar refractivity (Wildman–Crippen MR) is 116 cm³/mol. The maximum absolute atomic E-state index is 17.0. The van der Waals surface area contributed by atoms with Crippen LogP contribution in [0, 0.1) is 28.6 Å². The van der Waals surface area contributed by atoms with E-state index < -0.39 is 44.8 Å². The third kappa shape index (κ3) is 2.53. The molecule has 4 rings (SSSR count). The van der Waals surface area contributed by atoms with Crippen molar-refractivity contribution in [1.82, 2.24) is 0 Å². The van der Waals surface area contributed by atoms with E-state index in [1.54, 1.807) is 26.8 Å². The van der Waals surface area contributed by atoms with Gasteiger partial charge in [-0.15, -0.1) is 0 Å². The summed E-state index contributed by atoms with van der Waals surface area (Å²) in [5.74, 6) is -2.58. The number of fused-ring (bicyclic) bond motifs is 5. The van der Waals surface area contributed by atoms with Crippen LogP contribution in [0.2, 0.25) is 0 Å². The first kappa shape index (κ1) is 22.3. The Labute approximate surface area is 187 Å². The van der Waals surface area contributed by atoms with Gasteiger partial charge in [-0.2, -0.15) is 0 Å². The van der Waals surface area contributed by atoms with E-state index in [9.17, 15) is 19.5 Å². The Hall–Kier alpha value is -1.89. The second-order valence-electron chi connectivity index (χ2n) is 10.1. The number of aliphatic hydroxyl groups excluding tert-OH is 1. The van der Waals surface area contributed by atoms with Crippen LogP contribution >= 0.6 is 12.2 Å². The van der Waals surface area contributed by atoms with Gasteiger partial charge in [-0.3, -0.25) is 14.4 Å². The van der Waals surface area contributed by atoms with Crippen molar-refractivity contribution in [3.63, 3.8) is 0 Å². The Morgan fingerprint density at radius 1 is 1.32 bits per heavy atom. The van der Waals surface area contributed by atoms with Crippen LogP contribution in [0.15, 0.2) is 23.8 Å². The second-order valence-corrected chi connectivity index (χ2v) is 10.5. The van der Waals surface area contributed by atoms with E-state index in [0.29, 0.717) is 24.8 Å². The molecule has 1 N–H and O–H groups in total. The molecule has 0 aliphatic heterocycles. The SMILES string of the molecule is CCC(=O)O[C@]1(C(O)=S)[C@@H](C)C[C@H]2[C@@H]3CCC4=CC(=O)C=C[C@]4(C)[C@@]3(F)C(=O)C[C@@]21C. The number of aliphatic hydroxyl groups is 1. The largest absolute Gasteiger partial charge is 0.499 e. The molecule has 0 spiro atoms. The molecule has 0 aromatic rings. The Bertz CT molecular complexity index is 956. The number of ether oxygens (including phenoxy) is 1. The van der Waals surface area contributed by atoms with Gasteiger partial charge < -0.3 is 9.84 Å². The summed E-state index contributed by atoms with van der Waals surface area (Å²) < 4.78 is 22.8. The summed E-state index contributed by atoms with van der Waals surface area (Å²) in [7, 11) is 0. The molecule has 0 saturated heterocycles. The summed E-state index contributed by atoms with van der Waals surface area (Å²) in [6.07, 6.45) is 5.68. The van der Waals surface area contributed by atoms with Crippen molar-refractivity contribution >= 4 is 34.8 Å². The van der Waals surface area contributed by atoms with E-state index in [-0.39, 0.29) is 30.5 Å². The third-order valence-corrected chi connectivity index (χ3v) is 9.13. The van der Waals surface area contributed by atoms with Crippen molar-refractivity contribution in [3.8, 4) is 0 Å². The Morgan fingerprint density at radius 2 is 2.00 bits per heavy atom. The summed E-state index contributed by atoms with van der Waals surface area (Å²) in [5, 5.41) is 10.2. The Balaban J connectivity index is 1.85. The Morgan fingerprint density at radius 3 is 2.61 bits per heavy atom. The summed E-state index contributed by atoms with van der Waals surface area (Å²) in [5.41, 5.74) is -5.21. The first-order chi connectivity index (χ1) is 14.4. The van der Waals surface area contributed by atoms with Crippen LogP contribution in [0.4, 0.5) is 4.39 Å². The summed E-state index contributed by atoms with van der Waals surface area (Å²) in [4.78, 5) is 37.9. The van der Waals surface area contributed by atoms with Gasteiger partial charge in [0.1, 0.15) is 0 Å². The Kier molecular flexibility index (Phi) is 4.90. The van der Waals surface area contributed by atoms with Gasteiger partial charge in [0, 0.05) is 35.5 Å². The van der Waals surface area contributed by atoms with Gasteiger partial charge in [-0.25, -0.2) is 4.39 Å². The zero-order valence-corrected chi connectivity index (χ0v) is 19.2. The molecule has 5 nitrogen and oxygen atoms in total. The minimum absolute atomic E-state index is 0.104. The van der Waals surface area contributed by atoms with Crippen molar-refractivity contribution in [2.24, 2.45) is 28.6 Å². The number of ketones is 2. The van der Waals surface area contributed by atoms with Gasteiger partial charge in [-0.1, -0.05) is 32.4 Å². The number of allylic oxidation sites excluding steroid dienone is 4. The lowest BCUT2D eigenvalue weighted by molar-refractivity contribution is -0.188. The number of Topliss-reactive ketones (excluding diaryl/α,β-unsaturated/α-hetero) is 1. The number of carbonyl (C=O) groups excluding carboxylic acids is 3. The van der Waals surface area contributed by atoms with E-state index in [0.717, 1.165) is 0 Å². The van der Waals surface area contributed by atoms with Gasteiger partial charge >= 0.3 is 5.97 Å². The van der Waals surface area contributed by atoms with Gasteiger partial charge in [-0.05, 0) is 56.5 Å². The monoisotopic (exact) mass is 448 g/mol. The van der Waals surface area contributed by atoms with E-state index in [4.69, 9.17) is 17.0 Å². The topological polar surface area (TPSA) is 80.7 Å². The fourth-order valence-corrected chi connectivity index (χ4v) is 7.70. The molecular weight excluding hydrogens is 419 g/mol. The van der Waals surface area contributed by atoms with Crippen molar-refractivity contribution in [2.75, 3.05) is 0 Å². The lowest BCUT2D eigenvalue weighted by atomic mass is 9.45. The van der Waals surface area contributed by atoms with Gasteiger partial charge in [0.05, 0.1) is 0 Å². The number of thiocarbonyl (C=S) groups is 1. The molecule has 0 bridgehead atoms. The number of carbonyl (C=O) groups is 3. The highest BCUT2D eigenvalue weighted by Crippen LogP contribution is 2.70. The molecule has 0 aromatic heterocycles. The summed E-state index contributed by atoms with van der Waals surface area (Å²) >= 11 is 5.21. The molecule has 3 fully saturated rings. The molecule has 31 heavy (non-hydrogen) atoms. The van der Waals surface area contributed by atoms with Crippen LogP contribution in [0.5, 0.6) is 0 Å². The quantitative estimate of drug-likeness (QED) is 0.510. The lowest BCUT2D eigenvalue weighted by Crippen LogP contribution is -2.68. The van der Waals surface area contributed by atoms with E-state index in [1.165, 1.54) is 12.2 Å². The highest BCUT2D eigenvalue weighted by Gasteiger charge is 2.77. The molecule has 7 atom stereocenters. The second kappa shape index (κ2) is 6.80. The zero-order valence-electron chi connectivity index (χ0n) is 18.4. The molecule has 168 valence electrons. The van der Waals surface area contributed by atoms with Crippen LogP contribution in [-0.2, 0) is 19.1 Å². The average Bonchev–Trinajstić information content (AvgIpc) is 2.91. The molecule has 4 aliphatic carbocycles. The van der Waals surface area contributed by atoms with E-state index in [2.05, 4.69) is 0 Å². The highest BCUT2D eigenvalue weighted by molar-refractivity contribution is 7.80. The number of hydrogen-bond donors (Lipinski definition) is 1. The van der Waals surface area contributed by atoms with Crippen LogP contribution in [0.25, 0.3) is 0 Å². The fraction of sp³-hybridized carbons (Fsp3) is 0.667. The van der Waals surface area contributed by atoms with Crippen molar-refractivity contribution in [2.45, 2.75) is 71.1 Å². The molecule has 4 aliphatic rings. The standard InChI is InChI=1S/C24H29FO5S/c1-5-19(28)30-24(20(29)31)13(2)10-17-16-7-6-14-11-15(26)8-9-21(14,3)23(16,25)18(27)12-22(17,24)4/h8-9,11,13,16-17H,5-7,10,12H2,1-4H3,(H,29,31)/t13-,16-,17-,21-,22-,23-,24-/m0/s1. The summed E-state index contributed by atoms with van der Waals surface area (Å²) in [6, 6.07) is 0. The molecular formula is C24H29FO5S. The number of esters is 1. The van der Waals surface area contributed by atoms with Gasteiger partial charge in [0.25, 0.3) is 0 Å². The first-order valence-electron chi connectivity index (χ1n) is 11.0. The third-order valence-electron chi connectivity index (χ3n) is 8.82. The van der Waals surface area contributed by atoms with Crippen molar-refractivity contribution in [3.05, 3.63) is 23.8 Å². The number of halogens is 1. The number of alkyl halides is 1. The molecule has 0 radical (unpaired) electrons. The minimum Gasteiger partial charge on any atom is -0.499 e. The van der Waals surface area contributed by atoms with E-state index >= 15 is 4.39 Å². The maximum Gasteiger partial charge on any atom is 0.306 e. The highest BCUT2D eigenvalue weighted by atomic mass is 32.1. The van der Waals surface area contributed by atoms with Crippen LogP contribution in [0.3, 0.4) is 0 Å². The van der Waals surface area contributed by atoms with Crippen LogP contribution in [-0.4, -0.2) is 39.0 Å². The minimum atomic E-state index is -2.17. The average molecular weight is 449 g/mol.